The summed E-state index contributed by atoms with van der Waals surface area (Å²) < 4.78 is 3.31. The van der Waals surface area contributed by atoms with Crippen LogP contribution in [0.25, 0.3) is 11.4 Å². The SMILES string of the molecule is Cc1ccn2c(=O)cc(CSc3nc4nc(C)c(C)c(C)n4n3)nc2c1. The van der Waals surface area contributed by atoms with Crippen molar-refractivity contribution in [1.29, 1.82) is 0 Å². The summed E-state index contributed by atoms with van der Waals surface area (Å²) in [6.45, 7) is 7.99. The van der Waals surface area contributed by atoms with E-state index in [4.69, 9.17) is 0 Å². The maximum Gasteiger partial charge on any atom is 0.258 e. The molecular formula is C18H18N6OS. The van der Waals surface area contributed by atoms with Gasteiger partial charge in [-0.05, 0) is 51.0 Å². The fourth-order valence-corrected chi connectivity index (χ4v) is 3.48. The quantitative estimate of drug-likeness (QED) is 0.519. The van der Waals surface area contributed by atoms with Crippen molar-refractivity contribution in [1.82, 2.24) is 29.0 Å². The molecule has 0 N–H and O–H groups in total. The Morgan fingerprint density at radius 1 is 1.08 bits per heavy atom. The lowest BCUT2D eigenvalue weighted by molar-refractivity contribution is 0.832. The molecule has 4 aromatic rings. The van der Waals surface area contributed by atoms with Gasteiger partial charge in [0.2, 0.25) is 5.16 Å². The molecule has 0 saturated carbocycles. The second-order valence-electron chi connectivity index (χ2n) is 6.32. The van der Waals surface area contributed by atoms with Crippen LogP contribution in [0.4, 0.5) is 0 Å². The predicted octanol–water partition coefficient (Wildman–Crippen LogP) is 2.66. The van der Waals surface area contributed by atoms with Crippen LogP contribution in [0.2, 0.25) is 0 Å². The highest BCUT2D eigenvalue weighted by atomic mass is 32.2. The Kier molecular flexibility index (Phi) is 3.99. The average molecular weight is 366 g/mol. The Morgan fingerprint density at radius 2 is 1.88 bits per heavy atom. The highest BCUT2D eigenvalue weighted by Crippen LogP contribution is 2.20. The van der Waals surface area contributed by atoms with Crippen molar-refractivity contribution in [2.75, 3.05) is 0 Å². The molecule has 0 aliphatic heterocycles. The van der Waals surface area contributed by atoms with Crippen molar-refractivity contribution in [2.45, 2.75) is 38.6 Å². The number of aryl methyl sites for hydroxylation is 3. The van der Waals surface area contributed by atoms with Crippen molar-refractivity contribution < 1.29 is 0 Å². The van der Waals surface area contributed by atoms with Crippen LogP contribution in [-0.2, 0) is 5.75 Å². The molecule has 7 nitrogen and oxygen atoms in total. The van der Waals surface area contributed by atoms with E-state index in [0.29, 0.717) is 28.0 Å². The Labute approximate surface area is 154 Å². The molecule has 4 heterocycles. The summed E-state index contributed by atoms with van der Waals surface area (Å²) in [6.07, 6.45) is 1.75. The van der Waals surface area contributed by atoms with Crippen molar-refractivity contribution in [3.05, 3.63) is 63.0 Å². The summed E-state index contributed by atoms with van der Waals surface area (Å²) in [5.41, 5.74) is 5.44. The molecule has 0 bridgehead atoms. The number of thioether (sulfide) groups is 1. The maximum atomic E-state index is 12.3. The lowest BCUT2D eigenvalue weighted by atomic mass is 10.2. The zero-order valence-electron chi connectivity index (χ0n) is 15.0. The van der Waals surface area contributed by atoms with Crippen LogP contribution in [0.5, 0.6) is 0 Å². The first-order valence-electron chi connectivity index (χ1n) is 8.25. The van der Waals surface area contributed by atoms with Gasteiger partial charge in [-0.25, -0.2) is 14.5 Å². The van der Waals surface area contributed by atoms with Crippen molar-refractivity contribution in [3.8, 4) is 0 Å². The molecular weight excluding hydrogens is 348 g/mol. The fraction of sp³-hybridized carbons (Fsp3) is 0.278. The van der Waals surface area contributed by atoms with Crippen molar-refractivity contribution in [2.24, 2.45) is 0 Å². The van der Waals surface area contributed by atoms with E-state index in [-0.39, 0.29) is 5.56 Å². The second-order valence-corrected chi connectivity index (χ2v) is 7.26. The van der Waals surface area contributed by atoms with Crippen LogP contribution in [-0.4, -0.2) is 29.0 Å². The fourth-order valence-electron chi connectivity index (χ4n) is 2.76. The Balaban J connectivity index is 1.65. The molecule has 0 spiro atoms. The molecule has 0 radical (unpaired) electrons. The van der Waals surface area contributed by atoms with E-state index in [9.17, 15) is 4.79 Å². The van der Waals surface area contributed by atoms with Crippen LogP contribution in [0.1, 0.15) is 28.2 Å². The highest BCUT2D eigenvalue weighted by molar-refractivity contribution is 7.98. The van der Waals surface area contributed by atoms with E-state index < -0.39 is 0 Å². The third-order valence-electron chi connectivity index (χ3n) is 4.47. The summed E-state index contributed by atoms with van der Waals surface area (Å²) in [4.78, 5) is 25.8. The Hall–Kier alpha value is -2.74. The summed E-state index contributed by atoms with van der Waals surface area (Å²) in [7, 11) is 0. The average Bonchev–Trinajstić information content (AvgIpc) is 3.00. The molecule has 4 aromatic heterocycles. The molecule has 0 unspecified atom stereocenters. The smallest absolute Gasteiger partial charge is 0.258 e. The lowest BCUT2D eigenvalue weighted by Crippen LogP contribution is -2.15. The molecule has 0 saturated heterocycles. The van der Waals surface area contributed by atoms with Crippen LogP contribution < -0.4 is 5.56 Å². The maximum absolute atomic E-state index is 12.3. The van der Waals surface area contributed by atoms with Crippen LogP contribution in [0.15, 0.2) is 34.3 Å². The Bertz CT molecular complexity index is 1210. The molecule has 4 rings (SSSR count). The van der Waals surface area contributed by atoms with Gasteiger partial charge >= 0.3 is 0 Å². The van der Waals surface area contributed by atoms with E-state index in [1.165, 1.54) is 11.8 Å². The topological polar surface area (TPSA) is 77.5 Å². The minimum atomic E-state index is -0.0858. The van der Waals surface area contributed by atoms with Crippen LogP contribution in [0, 0.1) is 27.7 Å². The standard InChI is InChI=1S/C18H18N6OS/c1-10-5-6-23-15(7-10)20-14(8-16(23)25)9-26-18-21-17-19-12(3)11(2)13(4)24(17)22-18/h5-8H,9H2,1-4H3. The van der Waals surface area contributed by atoms with Crippen LogP contribution >= 0.6 is 11.8 Å². The molecule has 0 aliphatic rings. The number of aromatic nitrogens is 6. The van der Waals surface area contributed by atoms with Crippen LogP contribution in [0.3, 0.4) is 0 Å². The van der Waals surface area contributed by atoms with Gasteiger partial charge in [0.05, 0.1) is 5.69 Å². The van der Waals surface area contributed by atoms with Gasteiger partial charge in [0.1, 0.15) is 5.65 Å². The van der Waals surface area contributed by atoms with Gasteiger partial charge in [0.15, 0.2) is 0 Å². The predicted molar refractivity (Wildman–Crippen MR) is 101 cm³/mol. The molecule has 26 heavy (non-hydrogen) atoms. The van der Waals surface area contributed by atoms with Crippen molar-refractivity contribution >= 4 is 23.2 Å². The summed E-state index contributed by atoms with van der Waals surface area (Å²) in [5, 5.41) is 5.15. The summed E-state index contributed by atoms with van der Waals surface area (Å²) in [5.74, 6) is 1.11. The minimum Gasteiger partial charge on any atom is -0.269 e. The van der Waals surface area contributed by atoms with Gasteiger partial charge in [0.25, 0.3) is 11.3 Å². The lowest BCUT2D eigenvalue weighted by Gasteiger charge is -2.04. The Morgan fingerprint density at radius 3 is 2.69 bits per heavy atom. The monoisotopic (exact) mass is 366 g/mol. The number of hydrogen-bond donors (Lipinski definition) is 0. The number of rotatable bonds is 3. The van der Waals surface area contributed by atoms with E-state index in [1.54, 1.807) is 21.2 Å². The molecule has 8 heteroatoms. The highest BCUT2D eigenvalue weighted by Gasteiger charge is 2.12. The number of hydrogen-bond acceptors (Lipinski definition) is 6. The zero-order chi connectivity index (χ0) is 18.4. The number of fused-ring (bicyclic) bond motifs is 2. The van der Waals surface area contributed by atoms with E-state index >= 15 is 0 Å². The molecule has 0 aliphatic carbocycles. The third kappa shape index (κ3) is 2.86. The van der Waals surface area contributed by atoms with E-state index in [0.717, 1.165) is 22.5 Å². The van der Waals surface area contributed by atoms with Crippen molar-refractivity contribution in [3.63, 3.8) is 0 Å². The number of pyridine rings is 1. The van der Waals surface area contributed by atoms with Gasteiger partial charge < -0.3 is 0 Å². The first-order valence-corrected chi connectivity index (χ1v) is 9.23. The number of nitrogens with zero attached hydrogens (tertiary/aromatic N) is 6. The third-order valence-corrected chi connectivity index (χ3v) is 5.34. The van der Waals surface area contributed by atoms with Gasteiger partial charge in [-0.1, -0.05) is 11.8 Å². The first kappa shape index (κ1) is 16.7. The van der Waals surface area contributed by atoms with Gasteiger partial charge in [-0.15, -0.1) is 5.10 Å². The molecule has 132 valence electrons. The first-order chi connectivity index (χ1) is 12.4. The normalized spacial score (nSPS) is 11.5. The zero-order valence-corrected chi connectivity index (χ0v) is 15.8. The summed E-state index contributed by atoms with van der Waals surface area (Å²) >= 11 is 1.45. The van der Waals surface area contributed by atoms with E-state index in [2.05, 4.69) is 20.1 Å². The summed E-state index contributed by atoms with van der Waals surface area (Å²) in [6, 6.07) is 5.35. The second kappa shape index (κ2) is 6.21. The van der Waals surface area contributed by atoms with Gasteiger partial charge in [0, 0.05) is 29.4 Å². The molecule has 0 atom stereocenters. The van der Waals surface area contributed by atoms with Gasteiger partial charge in [-0.2, -0.15) is 4.98 Å². The molecule has 0 fully saturated rings. The van der Waals surface area contributed by atoms with E-state index in [1.807, 2.05) is 39.8 Å². The largest absolute Gasteiger partial charge is 0.269 e. The van der Waals surface area contributed by atoms with Gasteiger partial charge in [-0.3, -0.25) is 9.20 Å². The molecule has 0 amide bonds. The minimum absolute atomic E-state index is 0.0858. The molecule has 0 aromatic carbocycles.